The summed E-state index contributed by atoms with van der Waals surface area (Å²) in [7, 11) is -3.83. The van der Waals surface area contributed by atoms with Crippen molar-refractivity contribution in [3.63, 3.8) is 0 Å². The van der Waals surface area contributed by atoms with Crippen LogP contribution in [0.3, 0.4) is 0 Å². The van der Waals surface area contributed by atoms with Crippen molar-refractivity contribution in [2.45, 2.75) is 35.6 Å². The molecule has 0 aliphatic heterocycles. The van der Waals surface area contributed by atoms with Crippen LogP contribution in [0.5, 0.6) is 5.88 Å². The van der Waals surface area contributed by atoms with Crippen LogP contribution in [0.15, 0.2) is 71.8 Å². The van der Waals surface area contributed by atoms with Crippen molar-refractivity contribution in [1.29, 1.82) is 0 Å². The van der Waals surface area contributed by atoms with Gasteiger partial charge in [0.15, 0.2) is 9.84 Å². The molecule has 32 heavy (non-hydrogen) atoms. The first-order valence-corrected chi connectivity index (χ1v) is 12.0. The maximum atomic E-state index is 13.5. The number of halogens is 1. The second-order valence-electron chi connectivity index (χ2n) is 7.74. The van der Waals surface area contributed by atoms with E-state index in [9.17, 15) is 17.9 Å². The molecule has 6 nitrogen and oxygen atoms in total. The summed E-state index contributed by atoms with van der Waals surface area (Å²) in [5.41, 5.74) is 2.47. The van der Waals surface area contributed by atoms with Crippen LogP contribution in [0.2, 0.25) is 0 Å². The van der Waals surface area contributed by atoms with Gasteiger partial charge in [0.25, 0.3) is 0 Å². The Morgan fingerprint density at radius 3 is 2.59 bits per heavy atom. The number of nitrogens with zero attached hydrogens (tertiary/aromatic N) is 1. The standard InChI is InChI=1S/C24H25FN2O4S/c25-19-7-9-20(10-8-19)32(29,30)24-21-15-27-23(31-16-17-4-2-1-3-5-17)14-18(21)6-11-22(24)26-12-13-28/h1-5,7-10,14-15,22,24,26,28H,6,11-13,16H2. The predicted molar refractivity (Wildman–Crippen MR) is 119 cm³/mol. The zero-order chi connectivity index (χ0) is 22.6. The zero-order valence-corrected chi connectivity index (χ0v) is 18.3. The molecule has 168 valence electrons. The third-order valence-electron chi connectivity index (χ3n) is 5.62. The molecule has 8 heteroatoms. The third-order valence-corrected chi connectivity index (χ3v) is 7.80. The molecular weight excluding hydrogens is 431 g/mol. The molecule has 0 saturated heterocycles. The number of ether oxygens (including phenoxy) is 1. The highest BCUT2D eigenvalue weighted by atomic mass is 32.2. The van der Waals surface area contributed by atoms with Crippen LogP contribution in [-0.2, 0) is 22.9 Å². The third kappa shape index (κ3) is 4.82. The Labute approximate surface area is 187 Å². The number of aromatic nitrogens is 1. The Morgan fingerprint density at radius 1 is 1.12 bits per heavy atom. The molecule has 2 unspecified atom stereocenters. The summed E-state index contributed by atoms with van der Waals surface area (Å²) in [6.07, 6.45) is 2.78. The maximum absolute atomic E-state index is 13.5. The highest BCUT2D eigenvalue weighted by Gasteiger charge is 2.40. The zero-order valence-electron chi connectivity index (χ0n) is 17.4. The number of aliphatic hydroxyl groups is 1. The predicted octanol–water partition coefficient (Wildman–Crippen LogP) is 3.21. The van der Waals surface area contributed by atoms with E-state index in [1.165, 1.54) is 12.1 Å². The maximum Gasteiger partial charge on any atom is 0.213 e. The summed E-state index contributed by atoms with van der Waals surface area (Å²) in [4.78, 5) is 4.42. The molecule has 4 rings (SSSR count). The van der Waals surface area contributed by atoms with Gasteiger partial charge < -0.3 is 15.2 Å². The van der Waals surface area contributed by atoms with E-state index in [0.717, 1.165) is 23.3 Å². The summed E-state index contributed by atoms with van der Waals surface area (Å²) >= 11 is 0. The topological polar surface area (TPSA) is 88.5 Å². The van der Waals surface area contributed by atoms with Crippen molar-refractivity contribution in [2.24, 2.45) is 0 Å². The smallest absolute Gasteiger partial charge is 0.213 e. The lowest BCUT2D eigenvalue weighted by Crippen LogP contribution is -2.43. The molecule has 2 aromatic carbocycles. The lowest BCUT2D eigenvalue weighted by Gasteiger charge is -2.33. The number of sulfone groups is 1. The Kier molecular flexibility index (Phi) is 6.83. The highest BCUT2D eigenvalue weighted by Crippen LogP contribution is 2.40. The van der Waals surface area contributed by atoms with Gasteiger partial charge in [0.05, 0.1) is 11.5 Å². The van der Waals surface area contributed by atoms with E-state index in [0.29, 0.717) is 30.9 Å². The van der Waals surface area contributed by atoms with Crippen LogP contribution in [0, 0.1) is 5.82 Å². The fourth-order valence-corrected chi connectivity index (χ4v) is 6.08. The van der Waals surface area contributed by atoms with Gasteiger partial charge >= 0.3 is 0 Å². The summed E-state index contributed by atoms with van der Waals surface area (Å²) in [5, 5.41) is 11.5. The fraction of sp³-hybridized carbons (Fsp3) is 0.292. The second-order valence-corrected chi connectivity index (χ2v) is 9.81. The van der Waals surface area contributed by atoms with Crippen molar-refractivity contribution >= 4 is 9.84 Å². The number of aliphatic hydroxyl groups excluding tert-OH is 1. The van der Waals surface area contributed by atoms with Crippen LogP contribution in [0.25, 0.3) is 0 Å². The van der Waals surface area contributed by atoms with E-state index in [1.807, 2.05) is 30.3 Å². The number of hydrogen-bond acceptors (Lipinski definition) is 6. The fourth-order valence-electron chi connectivity index (χ4n) is 4.06. The minimum absolute atomic E-state index is 0.0527. The van der Waals surface area contributed by atoms with Gasteiger partial charge in [-0.15, -0.1) is 0 Å². The quantitative estimate of drug-likeness (QED) is 0.506. The number of aryl methyl sites for hydroxylation is 1. The minimum atomic E-state index is -3.83. The number of fused-ring (bicyclic) bond motifs is 1. The molecule has 1 aliphatic carbocycles. The Hall–Kier alpha value is -2.81. The largest absolute Gasteiger partial charge is 0.473 e. The van der Waals surface area contributed by atoms with Crippen molar-refractivity contribution < 1.29 is 22.7 Å². The van der Waals surface area contributed by atoms with Gasteiger partial charge in [-0.3, -0.25) is 0 Å². The SMILES string of the molecule is O=S(=O)(c1ccc(F)cc1)C1c2cnc(OCc3ccccc3)cc2CCC1NCCO. The monoisotopic (exact) mass is 456 g/mol. The summed E-state index contributed by atoms with van der Waals surface area (Å²) in [6, 6.07) is 16.0. The van der Waals surface area contributed by atoms with E-state index in [4.69, 9.17) is 4.74 Å². The van der Waals surface area contributed by atoms with Gasteiger partial charge in [-0.1, -0.05) is 30.3 Å². The molecule has 0 bridgehead atoms. The lowest BCUT2D eigenvalue weighted by atomic mass is 9.89. The van der Waals surface area contributed by atoms with Gasteiger partial charge in [0, 0.05) is 24.8 Å². The average molecular weight is 457 g/mol. The Bertz CT molecular complexity index is 1150. The molecular formula is C24H25FN2O4S. The summed E-state index contributed by atoms with van der Waals surface area (Å²) in [6.45, 7) is 0.545. The molecule has 1 aromatic heterocycles. The first-order chi connectivity index (χ1) is 15.5. The molecule has 0 fully saturated rings. The van der Waals surface area contributed by atoms with Gasteiger partial charge in [0.2, 0.25) is 5.88 Å². The van der Waals surface area contributed by atoms with Crippen LogP contribution < -0.4 is 10.1 Å². The molecule has 2 atom stereocenters. The average Bonchev–Trinajstić information content (AvgIpc) is 2.81. The lowest BCUT2D eigenvalue weighted by molar-refractivity contribution is 0.278. The molecule has 0 saturated carbocycles. The van der Waals surface area contributed by atoms with E-state index in [2.05, 4.69) is 10.3 Å². The number of pyridine rings is 1. The first-order valence-electron chi connectivity index (χ1n) is 10.5. The normalized spacial score (nSPS) is 18.2. The van der Waals surface area contributed by atoms with Crippen molar-refractivity contribution in [3.8, 4) is 5.88 Å². The van der Waals surface area contributed by atoms with Gasteiger partial charge in [-0.05, 0) is 53.8 Å². The number of nitrogens with one attached hydrogen (secondary N) is 1. The van der Waals surface area contributed by atoms with Crippen LogP contribution in [-0.4, -0.2) is 37.7 Å². The summed E-state index contributed by atoms with van der Waals surface area (Å²) in [5.74, 6) is -0.0582. The molecule has 0 spiro atoms. The van der Waals surface area contributed by atoms with Crippen LogP contribution >= 0.6 is 0 Å². The number of hydrogen-bond donors (Lipinski definition) is 2. The Balaban J connectivity index is 1.65. The van der Waals surface area contributed by atoms with E-state index in [-0.39, 0.29) is 18.0 Å². The highest BCUT2D eigenvalue weighted by molar-refractivity contribution is 7.91. The van der Waals surface area contributed by atoms with E-state index >= 15 is 0 Å². The molecule has 2 N–H and O–H groups in total. The van der Waals surface area contributed by atoms with Crippen molar-refractivity contribution in [1.82, 2.24) is 10.3 Å². The van der Waals surface area contributed by atoms with E-state index in [1.54, 1.807) is 12.3 Å². The van der Waals surface area contributed by atoms with Gasteiger partial charge in [-0.2, -0.15) is 0 Å². The van der Waals surface area contributed by atoms with Crippen molar-refractivity contribution in [2.75, 3.05) is 13.2 Å². The molecule has 3 aromatic rings. The van der Waals surface area contributed by atoms with Crippen LogP contribution in [0.1, 0.15) is 28.4 Å². The summed E-state index contributed by atoms with van der Waals surface area (Å²) < 4.78 is 46.3. The van der Waals surface area contributed by atoms with Crippen molar-refractivity contribution in [3.05, 3.63) is 89.4 Å². The molecule has 1 aliphatic rings. The van der Waals surface area contributed by atoms with Gasteiger partial charge in [0.1, 0.15) is 17.7 Å². The second kappa shape index (κ2) is 9.77. The van der Waals surface area contributed by atoms with Crippen LogP contribution in [0.4, 0.5) is 4.39 Å². The molecule has 0 amide bonds. The first kappa shape index (κ1) is 22.4. The number of rotatable bonds is 8. The van der Waals surface area contributed by atoms with Gasteiger partial charge in [-0.25, -0.2) is 17.8 Å². The molecule has 0 radical (unpaired) electrons. The number of benzene rings is 2. The van der Waals surface area contributed by atoms with E-state index < -0.39 is 26.9 Å². The minimum Gasteiger partial charge on any atom is -0.473 e. The molecule has 1 heterocycles. The Morgan fingerprint density at radius 2 is 1.88 bits per heavy atom.